The highest BCUT2D eigenvalue weighted by molar-refractivity contribution is 7.84. The summed E-state index contributed by atoms with van der Waals surface area (Å²) in [6, 6.07) is 4.00. The summed E-state index contributed by atoms with van der Waals surface area (Å²) < 4.78 is 10.8. The summed E-state index contributed by atoms with van der Waals surface area (Å²) in [6.07, 6.45) is 4.50. The Bertz CT molecular complexity index is 328. The molecule has 0 fully saturated rings. The van der Waals surface area contributed by atoms with Gasteiger partial charge in [0, 0.05) is 35.5 Å². The van der Waals surface area contributed by atoms with E-state index in [0.29, 0.717) is 0 Å². The molecule has 1 rings (SSSR count). The first-order valence-corrected chi connectivity index (χ1v) is 6.84. The smallest absolute Gasteiger partial charge is 0.0570 e. The molecule has 0 spiro atoms. The van der Waals surface area contributed by atoms with Crippen molar-refractivity contribution in [1.29, 1.82) is 0 Å². The topological polar surface area (TPSA) is 42.0 Å². The predicted molar refractivity (Wildman–Crippen MR) is 64.2 cm³/mol. The van der Waals surface area contributed by atoms with E-state index in [1.807, 2.05) is 12.3 Å². The van der Waals surface area contributed by atoms with Crippen LogP contribution in [0.15, 0.2) is 18.3 Å². The molecule has 1 atom stereocenters. The van der Waals surface area contributed by atoms with Gasteiger partial charge in [-0.15, -0.1) is 0 Å². The Hall–Kier alpha value is -0.740. The Labute approximate surface area is 93.8 Å². The van der Waals surface area contributed by atoms with E-state index in [2.05, 4.69) is 23.3 Å². The van der Waals surface area contributed by atoms with Crippen molar-refractivity contribution < 1.29 is 4.21 Å². The van der Waals surface area contributed by atoms with Gasteiger partial charge in [-0.25, -0.2) is 0 Å². The van der Waals surface area contributed by atoms with Gasteiger partial charge >= 0.3 is 0 Å². The second kappa shape index (κ2) is 6.69. The van der Waals surface area contributed by atoms with Crippen molar-refractivity contribution >= 4 is 10.8 Å². The lowest BCUT2D eigenvalue weighted by Gasteiger charge is -2.05. The summed E-state index contributed by atoms with van der Waals surface area (Å²) in [5.74, 6) is 0.772. The molecular weight excluding hydrogens is 208 g/mol. The highest BCUT2D eigenvalue weighted by atomic mass is 32.2. The molecule has 0 amide bonds. The SMILES string of the molecule is Cc1cccnc1CNCCCS(C)=O. The Balaban J connectivity index is 2.21. The average molecular weight is 226 g/mol. The fourth-order valence-corrected chi connectivity index (χ4v) is 1.86. The maximum absolute atomic E-state index is 10.8. The third-order valence-electron chi connectivity index (χ3n) is 2.20. The molecule has 4 heteroatoms. The number of aromatic nitrogens is 1. The minimum Gasteiger partial charge on any atom is -0.311 e. The van der Waals surface area contributed by atoms with E-state index in [4.69, 9.17) is 0 Å². The predicted octanol–water partition coefficient (Wildman–Crippen LogP) is 1.25. The summed E-state index contributed by atoms with van der Waals surface area (Å²) in [6.45, 7) is 3.75. The molecule has 0 aliphatic carbocycles. The van der Waals surface area contributed by atoms with Gasteiger partial charge in [0.05, 0.1) is 5.69 Å². The number of rotatable bonds is 6. The van der Waals surface area contributed by atoms with Crippen LogP contribution in [0.1, 0.15) is 17.7 Å². The van der Waals surface area contributed by atoms with E-state index >= 15 is 0 Å². The molecular formula is C11H18N2OS. The van der Waals surface area contributed by atoms with Crippen LogP contribution in [0.4, 0.5) is 0 Å². The van der Waals surface area contributed by atoms with Crippen LogP contribution in [0.25, 0.3) is 0 Å². The van der Waals surface area contributed by atoms with Gasteiger partial charge in [0.2, 0.25) is 0 Å². The summed E-state index contributed by atoms with van der Waals surface area (Å²) in [4.78, 5) is 4.29. The molecule has 0 aliphatic heterocycles. The van der Waals surface area contributed by atoms with Crippen molar-refractivity contribution in [2.45, 2.75) is 19.9 Å². The van der Waals surface area contributed by atoms with E-state index < -0.39 is 10.8 Å². The minimum atomic E-state index is -0.674. The van der Waals surface area contributed by atoms with Gasteiger partial charge in [0.25, 0.3) is 0 Å². The molecule has 1 aromatic rings. The van der Waals surface area contributed by atoms with E-state index in [1.165, 1.54) is 5.56 Å². The Kier molecular flexibility index (Phi) is 5.50. The first-order valence-electron chi connectivity index (χ1n) is 5.11. The van der Waals surface area contributed by atoms with Gasteiger partial charge < -0.3 is 5.32 Å². The molecule has 15 heavy (non-hydrogen) atoms. The van der Waals surface area contributed by atoms with Crippen LogP contribution in [-0.2, 0) is 17.3 Å². The van der Waals surface area contributed by atoms with E-state index in [9.17, 15) is 4.21 Å². The van der Waals surface area contributed by atoms with Crippen molar-refractivity contribution in [3.05, 3.63) is 29.6 Å². The average Bonchev–Trinajstić information content (AvgIpc) is 2.20. The lowest BCUT2D eigenvalue weighted by molar-refractivity contribution is 0.653. The molecule has 1 aromatic heterocycles. The van der Waals surface area contributed by atoms with E-state index in [-0.39, 0.29) is 0 Å². The van der Waals surface area contributed by atoms with Gasteiger partial charge in [0.15, 0.2) is 0 Å². The minimum absolute atomic E-state index is 0.674. The second-order valence-electron chi connectivity index (χ2n) is 3.57. The van der Waals surface area contributed by atoms with Crippen molar-refractivity contribution in [1.82, 2.24) is 10.3 Å². The molecule has 0 aromatic carbocycles. The number of nitrogens with one attached hydrogen (secondary N) is 1. The van der Waals surface area contributed by atoms with Crippen LogP contribution < -0.4 is 5.32 Å². The molecule has 0 saturated carbocycles. The summed E-state index contributed by atoms with van der Waals surface area (Å²) in [5.41, 5.74) is 2.30. The normalized spacial score (nSPS) is 12.7. The van der Waals surface area contributed by atoms with E-state index in [0.717, 1.165) is 31.0 Å². The Morgan fingerprint density at radius 2 is 2.33 bits per heavy atom. The van der Waals surface area contributed by atoms with Gasteiger partial charge in [-0.1, -0.05) is 6.07 Å². The molecule has 0 bridgehead atoms. The number of hydrogen-bond acceptors (Lipinski definition) is 3. The quantitative estimate of drug-likeness (QED) is 0.742. The van der Waals surface area contributed by atoms with Crippen molar-refractivity contribution in [3.8, 4) is 0 Å². The molecule has 1 unspecified atom stereocenters. The van der Waals surface area contributed by atoms with Gasteiger partial charge in [-0.3, -0.25) is 9.19 Å². The largest absolute Gasteiger partial charge is 0.311 e. The Morgan fingerprint density at radius 3 is 3.00 bits per heavy atom. The molecule has 1 N–H and O–H groups in total. The highest BCUT2D eigenvalue weighted by Crippen LogP contribution is 2.01. The zero-order chi connectivity index (χ0) is 11.1. The first-order chi connectivity index (χ1) is 7.20. The molecule has 1 heterocycles. The van der Waals surface area contributed by atoms with Crippen LogP contribution >= 0.6 is 0 Å². The molecule has 3 nitrogen and oxygen atoms in total. The van der Waals surface area contributed by atoms with Gasteiger partial charge in [0.1, 0.15) is 0 Å². The summed E-state index contributed by atoms with van der Waals surface area (Å²) in [7, 11) is -0.674. The third-order valence-corrected chi connectivity index (χ3v) is 3.06. The second-order valence-corrected chi connectivity index (χ2v) is 5.13. The maximum atomic E-state index is 10.8. The maximum Gasteiger partial charge on any atom is 0.0570 e. The standard InChI is InChI=1S/C11H18N2OS/c1-10-5-3-7-13-11(10)9-12-6-4-8-15(2)14/h3,5,7,12H,4,6,8-9H2,1-2H3. The molecule has 84 valence electrons. The Morgan fingerprint density at radius 1 is 1.53 bits per heavy atom. The zero-order valence-corrected chi connectivity index (χ0v) is 10.1. The molecule has 0 radical (unpaired) electrons. The van der Waals surface area contributed by atoms with Gasteiger partial charge in [-0.05, 0) is 31.5 Å². The fraction of sp³-hybridized carbons (Fsp3) is 0.545. The highest BCUT2D eigenvalue weighted by Gasteiger charge is 1.97. The number of nitrogens with zero attached hydrogens (tertiary/aromatic N) is 1. The van der Waals surface area contributed by atoms with Crippen molar-refractivity contribution in [2.24, 2.45) is 0 Å². The van der Waals surface area contributed by atoms with Crippen LogP contribution in [0.5, 0.6) is 0 Å². The zero-order valence-electron chi connectivity index (χ0n) is 9.32. The van der Waals surface area contributed by atoms with Crippen LogP contribution in [0.3, 0.4) is 0 Å². The summed E-state index contributed by atoms with van der Waals surface area (Å²) in [5, 5.41) is 3.30. The monoisotopic (exact) mass is 226 g/mol. The fourth-order valence-electron chi connectivity index (χ4n) is 1.31. The van der Waals surface area contributed by atoms with Crippen molar-refractivity contribution in [3.63, 3.8) is 0 Å². The van der Waals surface area contributed by atoms with Crippen LogP contribution in [-0.4, -0.2) is 27.7 Å². The third kappa shape index (κ3) is 5.04. The first kappa shape index (κ1) is 12.3. The van der Waals surface area contributed by atoms with Crippen molar-refractivity contribution in [2.75, 3.05) is 18.6 Å². The lowest BCUT2D eigenvalue weighted by Crippen LogP contribution is -2.17. The lowest BCUT2D eigenvalue weighted by atomic mass is 10.2. The van der Waals surface area contributed by atoms with Crippen LogP contribution in [0, 0.1) is 6.92 Å². The molecule has 0 aliphatic rings. The number of aryl methyl sites for hydroxylation is 1. The summed E-state index contributed by atoms with van der Waals surface area (Å²) >= 11 is 0. The number of hydrogen-bond donors (Lipinski definition) is 1. The van der Waals surface area contributed by atoms with Gasteiger partial charge in [-0.2, -0.15) is 0 Å². The van der Waals surface area contributed by atoms with E-state index in [1.54, 1.807) is 6.26 Å². The number of pyridine rings is 1. The molecule has 0 saturated heterocycles. The van der Waals surface area contributed by atoms with Crippen LogP contribution in [0.2, 0.25) is 0 Å².